The van der Waals surface area contributed by atoms with E-state index in [-0.39, 0.29) is 15.8 Å². The van der Waals surface area contributed by atoms with Crippen LogP contribution in [0.5, 0.6) is 17.2 Å². The number of aromatic carboxylic acids is 1. The van der Waals surface area contributed by atoms with Crippen LogP contribution in [-0.2, 0) is 0 Å². The van der Waals surface area contributed by atoms with Gasteiger partial charge >= 0.3 is 5.97 Å². The summed E-state index contributed by atoms with van der Waals surface area (Å²) in [4.78, 5) is 10.9. The maximum Gasteiger partial charge on any atom is 0.336 e. The Kier molecular flexibility index (Phi) is 4.84. The van der Waals surface area contributed by atoms with Crippen LogP contribution >= 0.6 is 31.9 Å². The number of hydrogen-bond acceptors (Lipinski definition) is 3. The molecule has 0 spiro atoms. The number of benzene rings is 2. The lowest BCUT2D eigenvalue weighted by Gasteiger charge is -2.11. The molecule has 0 bridgehead atoms. The van der Waals surface area contributed by atoms with Gasteiger partial charge in [0.2, 0.25) is 0 Å². The monoisotopic (exact) mass is 418 g/mol. The summed E-state index contributed by atoms with van der Waals surface area (Å²) in [6.07, 6.45) is 0. The van der Waals surface area contributed by atoms with Crippen LogP contribution in [-0.4, -0.2) is 18.2 Å². The Balaban J connectivity index is 2.36. The van der Waals surface area contributed by atoms with Crippen molar-refractivity contribution in [2.24, 2.45) is 0 Å². The van der Waals surface area contributed by atoms with E-state index in [1.54, 1.807) is 18.2 Å². The van der Waals surface area contributed by atoms with Gasteiger partial charge in [-0.05, 0) is 62.2 Å². The van der Waals surface area contributed by atoms with E-state index in [0.717, 1.165) is 0 Å². The SMILES string of the molecule is COc1ccc(Oc2ccc(C(=O)O)c(Br)c2F)c(Br)c1. The molecular weight excluding hydrogens is 411 g/mol. The molecule has 0 saturated heterocycles. The van der Waals surface area contributed by atoms with E-state index >= 15 is 0 Å². The van der Waals surface area contributed by atoms with Gasteiger partial charge in [0.15, 0.2) is 11.6 Å². The van der Waals surface area contributed by atoms with Crippen molar-refractivity contribution < 1.29 is 23.8 Å². The molecule has 4 nitrogen and oxygen atoms in total. The molecular formula is C14H9Br2FO4. The summed E-state index contributed by atoms with van der Waals surface area (Å²) < 4.78 is 25.0. The van der Waals surface area contributed by atoms with Crippen molar-refractivity contribution in [2.45, 2.75) is 0 Å². The van der Waals surface area contributed by atoms with Gasteiger partial charge in [-0.2, -0.15) is 0 Å². The largest absolute Gasteiger partial charge is 0.497 e. The fourth-order valence-electron chi connectivity index (χ4n) is 1.59. The highest BCUT2D eigenvalue weighted by Crippen LogP contribution is 2.36. The quantitative estimate of drug-likeness (QED) is 0.769. The second-order valence-electron chi connectivity index (χ2n) is 3.94. The molecule has 0 aromatic heterocycles. The average Bonchev–Trinajstić information content (AvgIpc) is 2.45. The smallest absolute Gasteiger partial charge is 0.336 e. The van der Waals surface area contributed by atoms with Gasteiger partial charge < -0.3 is 14.6 Å². The molecule has 0 amide bonds. The molecule has 0 aliphatic heterocycles. The molecule has 0 radical (unpaired) electrons. The number of halogens is 3. The Bertz CT molecular complexity index is 704. The van der Waals surface area contributed by atoms with Crippen LogP contribution in [0, 0.1) is 5.82 Å². The molecule has 0 aliphatic carbocycles. The number of carboxylic acid groups (broad SMARTS) is 1. The predicted octanol–water partition coefficient (Wildman–Crippen LogP) is 4.85. The molecule has 1 N–H and O–H groups in total. The van der Waals surface area contributed by atoms with E-state index in [1.165, 1.54) is 19.2 Å². The fourth-order valence-corrected chi connectivity index (χ4v) is 2.52. The third kappa shape index (κ3) is 3.36. The third-order valence-corrected chi connectivity index (χ3v) is 4.03. The van der Waals surface area contributed by atoms with Crippen molar-refractivity contribution in [3.8, 4) is 17.2 Å². The Morgan fingerprint density at radius 1 is 1.19 bits per heavy atom. The van der Waals surface area contributed by atoms with Gasteiger partial charge in [0.25, 0.3) is 0 Å². The van der Waals surface area contributed by atoms with Crippen LogP contribution in [0.3, 0.4) is 0 Å². The van der Waals surface area contributed by atoms with E-state index < -0.39 is 11.8 Å². The second kappa shape index (κ2) is 6.44. The maximum absolute atomic E-state index is 14.1. The Hall–Kier alpha value is -1.60. The van der Waals surface area contributed by atoms with Crippen LogP contribution < -0.4 is 9.47 Å². The van der Waals surface area contributed by atoms with Crippen molar-refractivity contribution in [2.75, 3.05) is 7.11 Å². The van der Waals surface area contributed by atoms with E-state index in [4.69, 9.17) is 14.6 Å². The standard InChI is InChI=1S/C14H9Br2FO4/c1-20-7-2-4-10(9(15)6-7)21-11-5-3-8(14(18)19)12(16)13(11)17/h2-6H,1H3,(H,18,19). The van der Waals surface area contributed by atoms with E-state index in [9.17, 15) is 9.18 Å². The van der Waals surface area contributed by atoms with Crippen LogP contribution in [0.1, 0.15) is 10.4 Å². The summed E-state index contributed by atoms with van der Waals surface area (Å²) in [5.41, 5.74) is -0.173. The highest BCUT2D eigenvalue weighted by molar-refractivity contribution is 9.10. The number of methoxy groups -OCH3 is 1. The minimum Gasteiger partial charge on any atom is -0.497 e. The minimum atomic E-state index is -1.22. The van der Waals surface area contributed by atoms with Gasteiger partial charge in [0, 0.05) is 0 Å². The van der Waals surface area contributed by atoms with Crippen molar-refractivity contribution in [3.63, 3.8) is 0 Å². The van der Waals surface area contributed by atoms with Crippen molar-refractivity contribution in [3.05, 3.63) is 50.7 Å². The average molecular weight is 420 g/mol. The number of ether oxygens (including phenoxy) is 2. The maximum atomic E-state index is 14.1. The molecule has 21 heavy (non-hydrogen) atoms. The van der Waals surface area contributed by atoms with E-state index in [1.807, 2.05) is 0 Å². The first-order valence-electron chi connectivity index (χ1n) is 5.66. The molecule has 2 rings (SSSR count). The normalized spacial score (nSPS) is 10.3. The first-order valence-corrected chi connectivity index (χ1v) is 7.25. The highest BCUT2D eigenvalue weighted by atomic mass is 79.9. The Morgan fingerprint density at radius 3 is 2.43 bits per heavy atom. The molecule has 110 valence electrons. The summed E-state index contributed by atoms with van der Waals surface area (Å²) in [6.45, 7) is 0. The predicted molar refractivity (Wildman–Crippen MR) is 81.8 cm³/mol. The molecule has 0 aliphatic rings. The van der Waals surface area contributed by atoms with Crippen molar-refractivity contribution in [1.82, 2.24) is 0 Å². The fraction of sp³-hybridized carbons (Fsp3) is 0.0714. The number of rotatable bonds is 4. The topological polar surface area (TPSA) is 55.8 Å². The third-order valence-electron chi connectivity index (χ3n) is 2.64. The van der Waals surface area contributed by atoms with Gasteiger partial charge in [-0.25, -0.2) is 9.18 Å². The lowest BCUT2D eigenvalue weighted by atomic mass is 10.2. The Labute approximate surface area is 136 Å². The summed E-state index contributed by atoms with van der Waals surface area (Å²) in [5, 5.41) is 8.91. The van der Waals surface area contributed by atoms with Crippen LogP contribution in [0.4, 0.5) is 4.39 Å². The summed E-state index contributed by atoms with van der Waals surface area (Å²) in [5.74, 6) is -1.09. The molecule has 0 atom stereocenters. The molecule has 0 fully saturated rings. The van der Waals surface area contributed by atoms with Crippen molar-refractivity contribution in [1.29, 1.82) is 0 Å². The van der Waals surface area contributed by atoms with Gasteiger partial charge in [0.05, 0.1) is 21.6 Å². The lowest BCUT2D eigenvalue weighted by molar-refractivity contribution is 0.0695. The first kappa shape index (κ1) is 15.8. The lowest BCUT2D eigenvalue weighted by Crippen LogP contribution is -2.01. The zero-order valence-corrected chi connectivity index (χ0v) is 13.9. The summed E-state index contributed by atoms with van der Waals surface area (Å²) in [6, 6.07) is 7.48. The highest BCUT2D eigenvalue weighted by Gasteiger charge is 2.17. The zero-order valence-electron chi connectivity index (χ0n) is 10.7. The molecule has 0 heterocycles. The molecule has 2 aromatic carbocycles. The second-order valence-corrected chi connectivity index (χ2v) is 5.59. The van der Waals surface area contributed by atoms with Crippen LogP contribution in [0.15, 0.2) is 39.3 Å². The summed E-state index contributed by atoms with van der Waals surface area (Å²) >= 11 is 6.21. The van der Waals surface area contributed by atoms with Crippen molar-refractivity contribution >= 4 is 37.8 Å². The molecule has 2 aromatic rings. The van der Waals surface area contributed by atoms with Gasteiger partial charge in [0.1, 0.15) is 11.5 Å². The Morgan fingerprint density at radius 2 is 1.86 bits per heavy atom. The van der Waals surface area contributed by atoms with E-state index in [2.05, 4.69) is 31.9 Å². The van der Waals surface area contributed by atoms with E-state index in [0.29, 0.717) is 16.0 Å². The molecule has 0 saturated carbocycles. The van der Waals surface area contributed by atoms with Gasteiger partial charge in [-0.15, -0.1) is 0 Å². The summed E-state index contributed by atoms with van der Waals surface area (Å²) in [7, 11) is 1.53. The van der Waals surface area contributed by atoms with Crippen LogP contribution in [0.25, 0.3) is 0 Å². The number of carbonyl (C=O) groups is 1. The first-order chi connectivity index (χ1) is 9.93. The van der Waals surface area contributed by atoms with Gasteiger partial charge in [-0.1, -0.05) is 0 Å². The van der Waals surface area contributed by atoms with Crippen LogP contribution in [0.2, 0.25) is 0 Å². The molecule has 7 heteroatoms. The van der Waals surface area contributed by atoms with Gasteiger partial charge in [-0.3, -0.25) is 0 Å². The molecule has 0 unspecified atom stereocenters. The number of carboxylic acids is 1. The number of hydrogen-bond donors (Lipinski definition) is 1. The zero-order chi connectivity index (χ0) is 15.6. The minimum absolute atomic E-state index is 0.0854.